The first-order valence-corrected chi connectivity index (χ1v) is 8.99. The summed E-state index contributed by atoms with van der Waals surface area (Å²) in [4.78, 5) is 4.04. The number of hydrogen-bond donors (Lipinski definition) is 1. The van der Waals surface area contributed by atoms with Crippen molar-refractivity contribution in [2.45, 2.75) is 38.5 Å². The van der Waals surface area contributed by atoms with Gasteiger partial charge in [-0.05, 0) is 43.6 Å². The summed E-state index contributed by atoms with van der Waals surface area (Å²) in [6.45, 7) is 5.06. The highest BCUT2D eigenvalue weighted by molar-refractivity contribution is 8.22. The second-order valence-corrected chi connectivity index (χ2v) is 7.80. The third kappa shape index (κ3) is 6.87. The summed E-state index contributed by atoms with van der Waals surface area (Å²) in [5, 5.41) is 10.6. The van der Waals surface area contributed by atoms with Crippen LogP contribution in [0.15, 0.2) is 12.1 Å². The molecule has 0 saturated carbocycles. The molecule has 1 aromatic carbocycles. The Morgan fingerprint density at radius 2 is 1.87 bits per heavy atom. The smallest absolute Gasteiger partial charge is 0.136 e. The fourth-order valence-corrected chi connectivity index (χ4v) is 3.09. The number of rotatable bonds is 6. The van der Waals surface area contributed by atoms with Gasteiger partial charge >= 0.3 is 0 Å². The predicted molar refractivity (Wildman–Crippen MR) is 109 cm³/mol. The van der Waals surface area contributed by atoms with Gasteiger partial charge in [0.15, 0.2) is 0 Å². The lowest BCUT2D eigenvalue weighted by atomic mass is 9.93. The Morgan fingerprint density at radius 3 is 2.35 bits per heavy atom. The summed E-state index contributed by atoms with van der Waals surface area (Å²) in [5.41, 5.74) is 3.27. The Morgan fingerprint density at radius 1 is 1.26 bits per heavy atom. The first-order chi connectivity index (χ1) is 10.3. The molecule has 0 aromatic heterocycles. The Hall–Kier alpha value is -0.490. The molecular weight excluding hydrogens is 348 g/mol. The van der Waals surface area contributed by atoms with Gasteiger partial charge in [-0.25, -0.2) is 0 Å². The fourth-order valence-electron chi connectivity index (χ4n) is 2.20. The van der Waals surface area contributed by atoms with Crippen molar-refractivity contribution in [1.82, 2.24) is 9.80 Å². The van der Waals surface area contributed by atoms with Gasteiger partial charge in [0.25, 0.3) is 0 Å². The number of thioether (sulfide) groups is 1. The van der Waals surface area contributed by atoms with Crippen LogP contribution in [0.25, 0.3) is 0 Å². The maximum Gasteiger partial charge on any atom is 0.136 e. The van der Waals surface area contributed by atoms with Crippen LogP contribution >= 0.6 is 36.4 Å². The van der Waals surface area contributed by atoms with E-state index in [9.17, 15) is 5.11 Å². The number of halogens is 1. The molecule has 0 heterocycles. The van der Waals surface area contributed by atoms with Crippen LogP contribution in [0.3, 0.4) is 0 Å². The molecule has 0 spiro atoms. The molecule has 0 amide bonds. The highest BCUT2D eigenvalue weighted by Crippen LogP contribution is 2.34. The number of phenolic OH excluding ortho intramolecular Hbond substituents is 1. The van der Waals surface area contributed by atoms with Crippen LogP contribution < -0.4 is 0 Å². The highest BCUT2D eigenvalue weighted by Gasteiger charge is 2.15. The maximum absolute atomic E-state index is 10.6. The molecule has 0 aliphatic heterocycles. The number of thiocarbonyl (C=S) groups is 1. The molecule has 0 aliphatic carbocycles. The van der Waals surface area contributed by atoms with E-state index in [1.807, 2.05) is 33.1 Å². The Bertz CT molecular complexity index is 522. The Balaban J connectivity index is 0.00000484. The van der Waals surface area contributed by atoms with Crippen LogP contribution in [-0.2, 0) is 12.3 Å². The van der Waals surface area contributed by atoms with Crippen LogP contribution in [0.1, 0.15) is 42.9 Å². The molecule has 0 fully saturated rings. The molecule has 0 aliphatic rings. The van der Waals surface area contributed by atoms with Gasteiger partial charge < -0.3 is 14.9 Å². The van der Waals surface area contributed by atoms with Crippen LogP contribution in [0.5, 0.6) is 5.75 Å². The van der Waals surface area contributed by atoms with Crippen molar-refractivity contribution < 1.29 is 5.11 Å². The summed E-state index contributed by atoms with van der Waals surface area (Å²) in [5.74, 6) is 1.64. The van der Waals surface area contributed by atoms with E-state index < -0.39 is 0 Å². The van der Waals surface area contributed by atoms with Gasteiger partial charge in [0.05, 0.1) is 0 Å². The zero-order valence-corrected chi connectivity index (χ0v) is 17.4. The number of hydrogen-bond acceptors (Lipinski definition) is 4. The van der Waals surface area contributed by atoms with Gasteiger partial charge in [-0.2, -0.15) is 0 Å². The molecule has 0 saturated heterocycles. The SMILES string of the molecule is CCC(C)c1cc(CSC(=S)N(C)C)cc(CN(C)C)c1O.Cl. The van der Waals surface area contributed by atoms with E-state index in [2.05, 4.69) is 30.9 Å². The van der Waals surface area contributed by atoms with Crippen LogP contribution in [-0.4, -0.2) is 47.4 Å². The summed E-state index contributed by atoms with van der Waals surface area (Å²) in [6, 6.07) is 4.24. The summed E-state index contributed by atoms with van der Waals surface area (Å²) < 4.78 is 0.882. The lowest BCUT2D eigenvalue weighted by Crippen LogP contribution is -2.16. The molecule has 1 atom stereocenters. The minimum Gasteiger partial charge on any atom is -0.507 e. The molecule has 1 N–H and O–H groups in total. The molecule has 1 aromatic rings. The minimum atomic E-state index is 0. The van der Waals surface area contributed by atoms with Gasteiger partial charge in [-0.1, -0.05) is 43.9 Å². The first kappa shape index (κ1) is 22.5. The van der Waals surface area contributed by atoms with E-state index in [1.54, 1.807) is 11.8 Å². The van der Waals surface area contributed by atoms with Crippen molar-refractivity contribution in [3.05, 3.63) is 28.8 Å². The predicted octanol–water partition coefficient (Wildman–Crippen LogP) is 4.47. The zero-order chi connectivity index (χ0) is 16.9. The van der Waals surface area contributed by atoms with Crippen molar-refractivity contribution >= 4 is 40.7 Å². The van der Waals surface area contributed by atoms with E-state index >= 15 is 0 Å². The molecule has 3 nitrogen and oxygen atoms in total. The fraction of sp³-hybridized carbons (Fsp3) is 0.588. The lowest BCUT2D eigenvalue weighted by Gasteiger charge is -2.19. The Kier molecular flexibility index (Phi) is 10.2. The zero-order valence-electron chi connectivity index (χ0n) is 14.9. The van der Waals surface area contributed by atoms with Gasteiger partial charge in [0, 0.05) is 32.0 Å². The molecule has 132 valence electrons. The normalized spacial score (nSPS) is 12.0. The molecule has 1 rings (SSSR count). The average molecular weight is 377 g/mol. The van der Waals surface area contributed by atoms with E-state index in [-0.39, 0.29) is 12.4 Å². The quantitative estimate of drug-likeness (QED) is 0.739. The van der Waals surface area contributed by atoms with Gasteiger partial charge in [-0.15, -0.1) is 12.4 Å². The topological polar surface area (TPSA) is 26.7 Å². The number of nitrogens with zero attached hydrogens (tertiary/aromatic N) is 2. The van der Waals surface area contributed by atoms with E-state index in [0.29, 0.717) is 11.7 Å². The molecule has 0 radical (unpaired) electrons. The monoisotopic (exact) mass is 376 g/mol. The second-order valence-electron chi connectivity index (χ2n) is 6.19. The van der Waals surface area contributed by atoms with Crippen molar-refractivity contribution in [1.29, 1.82) is 0 Å². The number of aromatic hydroxyl groups is 1. The van der Waals surface area contributed by atoms with Crippen LogP contribution in [0.4, 0.5) is 0 Å². The highest BCUT2D eigenvalue weighted by atomic mass is 35.5. The molecule has 0 bridgehead atoms. The number of benzene rings is 1. The summed E-state index contributed by atoms with van der Waals surface area (Å²) in [6.07, 6.45) is 1.02. The van der Waals surface area contributed by atoms with Crippen molar-refractivity contribution in [3.63, 3.8) is 0 Å². The van der Waals surface area contributed by atoms with E-state index in [4.69, 9.17) is 12.2 Å². The average Bonchev–Trinajstić information content (AvgIpc) is 2.45. The standard InChI is InChI=1S/C17H28N2OS2.ClH/c1-7-12(2)15-9-13(11-22-17(21)19(5)6)8-14(16(15)20)10-18(3)4;/h8-9,12,20H,7,10-11H2,1-6H3;1H. The van der Waals surface area contributed by atoms with Gasteiger partial charge in [0.2, 0.25) is 0 Å². The lowest BCUT2D eigenvalue weighted by molar-refractivity contribution is 0.383. The molecule has 23 heavy (non-hydrogen) atoms. The third-order valence-electron chi connectivity index (χ3n) is 3.64. The van der Waals surface area contributed by atoms with Crippen LogP contribution in [0, 0.1) is 0 Å². The summed E-state index contributed by atoms with van der Waals surface area (Å²) in [7, 11) is 7.97. The third-order valence-corrected chi connectivity index (χ3v) is 5.44. The maximum atomic E-state index is 10.6. The van der Waals surface area contributed by atoms with Gasteiger partial charge in [-0.3, -0.25) is 0 Å². The van der Waals surface area contributed by atoms with E-state index in [1.165, 1.54) is 5.56 Å². The Labute approximate surface area is 156 Å². The van der Waals surface area contributed by atoms with E-state index in [0.717, 1.165) is 34.2 Å². The van der Waals surface area contributed by atoms with Crippen LogP contribution in [0.2, 0.25) is 0 Å². The van der Waals surface area contributed by atoms with Gasteiger partial charge in [0.1, 0.15) is 10.1 Å². The molecule has 1 unspecified atom stereocenters. The molecular formula is C17H29ClN2OS2. The number of phenols is 1. The van der Waals surface area contributed by atoms with Crippen molar-refractivity contribution in [2.75, 3.05) is 28.2 Å². The largest absolute Gasteiger partial charge is 0.507 e. The molecule has 6 heteroatoms. The van der Waals surface area contributed by atoms with Crippen molar-refractivity contribution in [3.8, 4) is 5.75 Å². The van der Waals surface area contributed by atoms with Crippen molar-refractivity contribution in [2.24, 2.45) is 0 Å². The summed E-state index contributed by atoms with van der Waals surface area (Å²) >= 11 is 7.01. The first-order valence-electron chi connectivity index (χ1n) is 7.59. The second kappa shape index (κ2) is 10.4. The minimum absolute atomic E-state index is 0.